The number of rotatable bonds is 4. The Morgan fingerprint density at radius 2 is 2.00 bits per heavy atom. The largest absolute Gasteiger partial charge is 0.338 e. The number of hydrogen-bond donors (Lipinski definition) is 1. The van der Waals surface area contributed by atoms with Gasteiger partial charge in [-0.15, -0.1) is 0 Å². The Morgan fingerprint density at radius 1 is 1.36 bits per heavy atom. The molecular weight excluding hydrogens is 300 g/mol. The van der Waals surface area contributed by atoms with Crippen molar-refractivity contribution in [2.45, 2.75) is 37.6 Å². The standard InChI is InChI=1S/C16H24N2O3S/c1-3-22(20,21)15-8-6-13(7-9-15)16(19)18-10-4-5-14(11-18)12(2)17/h6-9,12,14H,3-5,10-11,17H2,1-2H3/t12-,14+/m1/s1. The van der Waals surface area contributed by atoms with Gasteiger partial charge in [-0.3, -0.25) is 4.79 Å². The first-order chi connectivity index (χ1) is 10.3. The van der Waals surface area contributed by atoms with Crippen LogP contribution in [0.2, 0.25) is 0 Å². The summed E-state index contributed by atoms with van der Waals surface area (Å²) in [5.74, 6) is 0.339. The number of benzene rings is 1. The monoisotopic (exact) mass is 324 g/mol. The zero-order valence-electron chi connectivity index (χ0n) is 13.2. The predicted octanol–water partition coefficient (Wildman–Crippen LogP) is 1.68. The number of nitrogens with zero attached hydrogens (tertiary/aromatic N) is 1. The maximum absolute atomic E-state index is 12.5. The van der Waals surface area contributed by atoms with Crippen molar-refractivity contribution in [2.75, 3.05) is 18.8 Å². The highest BCUT2D eigenvalue weighted by Crippen LogP contribution is 2.21. The molecule has 1 amide bonds. The second kappa shape index (κ2) is 6.79. The summed E-state index contributed by atoms with van der Waals surface area (Å²) in [6, 6.07) is 6.30. The first-order valence-corrected chi connectivity index (χ1v) is 9.38. The first-order valence-electron chi connectivity index (χ1n) is 7.73. The molecule has 6 heteroatoms. The van der Waals surface area contributed by atoms with Crippen LogP contribution in [0.15, 0.2) is 29.2 Å². The molecule has 0 aromatic heterocycles. The highest BCUT2D eigenvalue weighted by molar-refractivity contribution is 7.91. The lowest BCUT2D eigenvalue weighted by Gasteiger charge is -2.34. The summed E-state index contributed by atoms with van der Waals surface area (Å²) >= 11 is 0. The molecule has 2 atom stereocenters. The maximum Gasteiger partial charge on any atom is 0.253 e. The first kappa shape index (κ1) is 17.0. The molecular formula is C16H24N2O3S. The second-order valence-electron chi connectivity index (χ2n) is 5.94. The van der Waals surface area contributed by atoms with E-state index >= 15 is 0 Å². The number of hydrogen-bond acceptors (Lipinski definition) is 4. The summed E-state index contributed by atoms with van der Waals surface area (Å²) in [5, 5.41) is 0. The van der Waals surface area contributed by atoms with Crippen molar-refractivity contribution in [3.8, 4) is 0 Å². The minimum Gasteiger partial charge on any atom is -0.338 e. The average Bonchev–Trinajstić information content (AvgIpc) is 2.54. The minimum absolute atomic E-state index is 0.0502. The van der Waals surface area contributed by atoms with E-state index in [9.17, 15) is 13.2 Å². The third-order valence-electron chi connectivity index (χ3n) is 4.33. The molecule has 0 spiro atoms. The Balaban J connectivity index is 2.13. The summed E-state index contributed by atoms with van der Waals surface area (Å²) in [6.45, 7) is 4.99. The summed E-state index contributed by atoms with van der Waals surface area (Å²) in [4.78, 5) is 14.6. The molecule has 0 unspecified atom stereocenters. The highest BCUT2D eigenvalue weighted by atomic mass is 32.2. The van der Waals surface area contributed by atoms with Gasteiger partial charge in [0.25, 0.3) is 5.91 Å². The van der Waals surface area contributed by atoms with Gasteiger partial charge in [0.1, 0.15) is 0 Å². The summed E-state index contributed by atoms with van der Waals surface area (Å²) in [5.41, 5.74) is 6.47. The van der Waals surface area contributed by atoms with Gasteiger partial charge >= 0.3 is 0 Å². The van der Waals surface area contributed by atoms with Crippen LogP contribution in [-0.2, 0) is 9.84 Å². The van der Waals surface area contributed by atoms with E-state index in [1.54, 1.807) is 19.1 Å². The van der Waals surface area contributed by atoms with E-state index in [0.29, 0.717) is 18.0 Å². The third kappa shape index (κ3) is 3.67. The van der Waals surface area contributed by atoms with Crippen LogP contribution >= 0.6 is 0 Å². The van der Waals surface area contributed by atoms with Crippen molar-refractivity contribution in [2.24, 2.45) is 11.7 Å². The Kier molecular flexibility index (Phi) is 5.24. The molecule has 2 rings (SSSR count). The number of piperidine rings is 1. The molecule has 0 saturated carbocycles. The number of sulfone groups is 1. The third-order valence-corrected chi connectivity index (χ3v) is 6.08. The van der Waals surface area contributed by atoms with Gasteiger partial charge in [-0.05, 0) is 49.9 Å². The van der Waals surface area contributed by atoms with Crippen LogP contribution in [0.4, 0.5) is 0 Å². The number of nitrogens with two attached hydrogens (primary N) is 1. The van der Waals surface area contributed by atoms with E-state index < -0.39 is 9.84 Å². The summed E-state index contributed by atoms with van der Waals surface area (Å²) < 4.78 is 23.6. The fourth-order valence-corrected chi connectivity index (χ4v) is 3.66. The fraction of sp³-hybridized carbons (Fsp3) is 0.562. The molecule has 122 valence electrons. The van der Waals surface area contributed by atoms with Crippen molar-refractivity contribution in [1.82, 2.24) is 4.90 Å². The smallest absolute Gasteiger partial charge is 0.253 e. The van der Waals surface area contributed by atoms with Crippen LogP contribution in [0, 0.1) is 5.92 Å². The van der Waals surface area contributed by atoms with Crippen LogP contribution in [0.3, 0.4) is 0 Å². The number of carbonyl (C=O) groups is 1. The van der Waals surface area contributed by atoms with E-state index in [-0.39, 0.29) is 22.6 Å². The van der Waals surface area contributed by atoms with Crippen LogP contribution in [-0.4, -0.2) is 44.1 Å². The second-order valence-corrected chi connectivity index (χ2v) is 8.22. The summed E-state index contributed by atoms with van der Waals surface area (Å²) in [7, 11) is -3.23. The number of likely N-dealkylation sites (tertiary alicyclic amines) is 1. The van der Waals surface area contributed by atoms with E-state index in [2.05, 4.69) is 0 Å². The van der Waals surface area contributed by atoms with Crippen molar-refractivity contribution < 1.29 is 13.2 Å². The predicted molar refractivity (Wildman–Crippen MR) is 86.4 cm³/mol. The molecule has 5 nitrogen and oxygen atoms in total. The maximum atomic E-state index is 12.5. The Labute approximate surface area is 132 Å². The SMILES string of the molecule is CCS(=O)(=O)c1ccc(C(=O)N2CCC[C@H]([C@@H](C)N)C2)cc1. The van der Waals surface area contributed by atoms with E-state index in [1.807, 2.05) is 11.8 Å². The Morgan fingerprint density at radius 3 is 2.55 bits per heavy atom. The van der Waals surface area contributed by atoms with Crippen molar-refractivity contribution >= 4 is 15.7 Å². The quantitative estimate of drug-likeness (QED) is 0.914. The van der Waals surface area contributed by atoms with Crippen LogP contribution in [0.25, 0.3) is 0 Å². The van der Waals surface area contributed by atoms with Gasteiger partial charge in [-0.2, -0.15) is 0 Å². The van der Waals surface area contributed by atoms with Crippen LogP contribution in [0.5, 0.6) is 0 Å². The summed E-state index contributed by atoms with van der Waals surface area (Å²) in [6.07, 6.45) is 2.01. The normalized spacial score (nSPS) is 20.7. The van der Waals surface area contributed by atoms with Gasteiger partial charge in [0, 0.05) is 24.7 Å². The van der Waals surface area contributed by atoms with Crippen LogP contribution in [0.1, 0.15) is 37.0 Å². The molecule has 0 aliphatic carbocycles. The van der Waals surface area contributed by atoms with E-state index in [1.165, 1.54) is 12.1 Å². The van der Waals surface area contributed by atoms with Crippen LogP contribution < -0.4 is 5.73 Å². The minimum atomic E-state index is -3.23. The molecule has 1 aromatic rings. The van der Waals surface area contributed by atoms with E-state index in [0.717, 1.165) is 19.4 Å². The van der Waals surface area contributed by atoms with E-state index in [4.69, 9.17) is 5.73 Å². The van der Waals surface area contributed by atoms with Gasteiger partial charge in [-0.25, -0.2) is 8.42 Å². The number of amides is 1. The average molecular weight is 324 g/mol. The molecule has 0 bridgehead atoms. The van der Waals surface area contributed by atoms with Gasteiger partial charge < -0.3 is 10.6 Å². The zero-order valence-corrected chi connectivity index (χ0v) is 14.0. The topological polar surface area (TPSA) is 80.5 Å². The molecule has 2 N–H and O–H groups in total. The molecule has 1 aliphatic rings. The lowest BCUT2D eigenvalue weighted by Crippen LogP contribution is -2.45. The Hall–Kier alpha value is -1.40. The molecule has 1 fully saturated rings. The lowest BCUT2D eigenvalue weighted by molar-refractivity contribution is 0.0661. The van der Waals surface area contributed by atoms with Crippen molar-refractivity contribution in [3.63, 3.8) is 0 Å². The van der Waals surface area contributed by atoms with Gasteiger partial charge in [0.15, 0.2) is 9.84 Å². The molecule has 1 heterocycles. The highest BCUT2D eigenvalue weighted by Gasteiger charge is 2.26. The lowest BCUT2D eigenvalue weighted by atomic mass is 9.92. The zero-order chi connectivity index (χ0) is 16.3. The molecule has 0 radical (unpaired) electrons. The van der Waals surface area contributed by atoms with Gasteiger partial charge in [-0.1, -0.05) is 6.92 Å². The fourth-order valence-electron chi connectivity index (χ4n) is 2.78. The molecule has 1 aliphatic heterocycles. The number of carbonyl (C=O) groups excluding carboxylic acids is 1. The van der Waals surface area contributed by atoms with Gasteiger partial charge in [0.05, 0.1) is 10.6 Å². The molecule has 1 aromatic carbocycles. The Bertz CT molecular complexity index is 623. The molecule has 22 heavy (non-hydrogen) atoms. The van der Waals surface area contributed by atoms with Crippen molar-refractivity contribution in [1.29, 1.82) is 0 Å². The molecule has 1 saturated heterocycles. The van der Waals surface area contributed by atoms with Gasteiger partial charge in [0.2, 0.25) is 0 Å². The van der Waals surface area contributed by atoms with Crippen molar-refractivity contribution in [3.05, 3.63) is 29.8 Å².